The maximum atomic E-state index is 12.5. The zero-order chi connectivity index (χ0) is 16.5. The quantitative estimate of drug-likeness (QED) is 0.798. The van der Waals surface area contributed by atoms with Crippen LogP contribution in [-0.2, 0) is 14.6 Å². The average Bonchev–Trinajstić information content (AvgIpc) is 3.26. The Labute approximate surface area is 137 Å². The predicted octanol–water partition coefficient (Wildman–Crippen LogP) is 2.73. The van der Waals surface area contributed by atoms with Crippen molar-refractivity contribution < 1.29 is 13.2 Å². The molecule has 1 saturated carbocycles. The summed E-state index contributed by atoms with van der Waals surface area (Å²) in [6.45, 7) is 3.40. The van der Waals surface area contributed by atoms with E-state index < -0.39 is 9.84 Å². The summed E-state index contributed by atoms with van der Waals surface area (Å²) in [6, 6.07) is 7.25. The van der Waals surface area contributed by atoms with Gasteiger partial charge in [-0.15, -0.1) is 0 Å². The normalized spacial score (nSPS) is 22.2. The van der Waals surface area contributed by atoms with Crippen molar-refractivity contribution >= 4 is 27.3 Å². The van der Waals surface area contributed by atoms with Gasteiger partial charge in [-0.25, -0.2) is 8.42 Å². The molecular formula is C16H22ClNO3S. The molecule has 0 bridgehead atoms. The van der Waals surface area contributed by atoms with Gasteiger partial charge in [-0.05, 0) is 30.9 Å². The van der Waals surface area contributed by atoms with E-state index in [2.05, 4.69) is 0 Å². The van der Waals surface area contributed by atoms with Crippen LogP contribution in [0.3, 0.4) is 0 Å². The minimum absolute atomic E-state index is 0.00345. The average molecular weight is 344 g/mol. The van der Waals surface area contributed by atoms with Gasteiger partial charge in [-0.1, -0.05) is 36.7 Å². The highest BCUT2D eigenvalue weighted by atomic mass is 35.5. The Morgan fingerprint density at radius 2 is 2.05 bits per heavy atom. The van der Waals surface area contributed by atoms with Crippen molar-refractivity contribution in [3.8, 4) is 0 Å². The number of halogens is 1. The molecule has 0 unspecified atom stereocenters. The van der Waals surface area contributed by atoms with Gasteiger partial charge in [-0.3, -0.25) is 4.79 Å². The van der Waals surface area contributed by atoms with Crippen LogP contribution < -0.4 is 0 Å². The molecule has 1 aliphatic carbocycles. The van der Waals surface area contributed by atoms with Gasteiger partial charge in [0.1, 0.15) is 0 Å². The zero-order valence-electron chi connectivity index (χ0n) is 13.1. The molecule has 2 rings (SSSR count). The Morgan fingerprint density at radius 1 is 1.41 bits per heavy atom. The topological polar surface area (TPSA) is 54.5 Å². The van der Waals surface area contributed by atoms with Crippen LogP contribution >= 0.6 is 11.6 Å². The van der Waals surface area contributed by atoms with Crippen molar-refractivity contribution in [3.05, 3.63) is 34.9 Å². The molecule has 1 aliphatic rings. The molecule has 6 heteroatoms. The van der Waals surface area contributed by atoms with Crippen LogP contribution in [0.1, 0.15) is 31.7 Å². The molecular weight excluding hydrogens is 322 g/mol. The number of carbonyl (C=O) groups is 1. The second-order valence-corrected chi connectivity index (χ2v) is 8.77. The molecule has 22 heavy (non-hydrogen) atoms. The lowest BCUT2D eigenvalue weighted by Crippen LogP contribution is -2.40. The van der Waals surface area contributed by atoms with Crippen LogP contribution in [-0.4, -0.2) is 43.8 Å². The van der Waals surface area contributed by atoms with E-state index in [4.69, 9.17) is 11.6 Å². The van der Waals surface area contributed by atoms with Gasteiger partial charge >= 0.3 is 0 Å². The Hall–Kier alpha value is -1.07. The van der Waals surface area contributed by atoms with Crippen LogP contribution in [0.25, 0.3) is 0 Å². The predicted molar refractivity (Wildman–Crippen MR) is 88.9 cm³/mol. The highest BCUT2D eigenvalue weighted by molar-refractivity contribution is 7.91. The Kier molecular flexibility index (Phi) is 5.17. The van der Waals surface area contributed by atoms with E-state index in [1.807, 2.05) is 24.3 Å². The number of benzene rings is 1. The molecule has 0 N–H and O–H groups in total. The van der Waals surface area contributed by atoms with Crippen molar-refractivity contribution in [2.45, 2.75) is 32.2 Å². The molecule has 1 amide bonds. The number of nitrogens with zero attached hydrogens (tertiary/aromatic N) is 1. The van der Waals surface area contributed by atoms with Gasteiger partial charge in [0, 0.05) is 29.8 Å². The molecule has 0 saturated heterocycles. The van der Waals surface area contributed by atoms with Crippen LogP contribution in [0, 0.1) is 5.92 Å². The van der Waals surface area contributed by atoms with E-state index >= 15 is 0 Å². The highest BCUT2D eigenvalue weighted by Crippen LogP contribution is 2.50. The number of rotatable bonds is 6. The highest BCUT2D eigenvalue weighted by Gasteiger charge is 2.46. The summed E-state index contributed by atoms with van der Waals surface area (Å²) in [4.78, 5) is 14.1. The number of carbonyl (C=O) groups excluding carboxylic acids is 1. The summed E-state index contributed by atoms with van der Waals surface area (Å²) in [5, 5.41) is 0.687. The third kappa shape index (κ3) is 3.82. The van der Waals surface area contributed by atoms with E-state index in [0.717, 1.165) is 12.0 Å². The Morgan fingerprint density at radius 3 is 2.64 bits per heavy atom. The first-order valence-corrected chi connectivity index (χ1v) is 9.68. The summed E-state index contributed by atoms with van der Waals surface area (Å²) in [7, 11) is -1.41. The van der Waals surface area contributed by atoms with E-state index in [1.165, 1.54) is 0 Å². The van der Waals surface area contributed by atoms with Crippen molar-refractivity contribution in [1.82, 2.24) is 4.90 Å². The summed E-state index contributed by atoms with van der Waals surface area (Å²) in [6.07, 6.45) is 0.778. The van der Waals surface area contributed by atoms with Crippen LogP contribution in [0.5, 0.6) is 0 Å². The lowest BCUT2D eigenvalue weighted by molar-refractivity contribution is -0.132. The minimum atomic E-state index is -3.09. The second kappa shape index (κ2) is 6.59. The zero-order valence-corrected chi connectivity index (χ0v) is 14.7. The number of hydrogen-bond donors (Lipinski definition) is 0. The van der Waals surface area contributed by atoms with Crippen molar-refractivity contribution in [3.63, 3.8) is 0 Å². The van der Waals surface area contributed by atoms with Gasteiger partial charge in [0.15, 0.2) is 9.84 Å². The van der Waals surface area contributed by atoms with Crippen molar-refractivity contribution in [2.24, 2.45) is 5.92 Å². The van der Waals surface area contributed by atoms with E-state index in [1.54, 1.807) is 25.8 Å². The number of amides is 1. The van der Waals surface area contributed by atoms with E-state index in [9.17, 15) is 13.2 Å². The molecule has 0 aliphatic heterocycles. The minimum Gasteiger partial charge on any atom is -0.342 e. The summed E-state index contributed by atoms with van der Waals surface area (Å²) in [5.41, 5.74) is 1.00. The largest absolute Gasteiger partial charge is 0.342 e. The SMILES string of the molecule is CCS(=O)(=O)C[C@H](C)N(C)C(=O)[C@@H]1C[C@@H]1c1ccccc1Cl. The molecule has 0 spiro atoms. The first-order valence-electron chi connectivity index (χ1n) is 7.48. The van der Waals surface area contributed by atoms with Crippen LogP contribution in [0.4, 0.5) is 0 Å². The Balaban J connectivity index is 2.00. The van der Waals surface area contributed by atoms with Crippen molar-refractivity contribution in [1.29, 1.82) is 0 Å². The van der Waals surface area contributed by atoms with Gasteiger partial charge in [0.2, 0.25) is 5.91 Å². The Bertz CT molecular complexity index is 659. The van der Waals surface area contributed by atoms with Gasteiger partial charge < -0.3 is 4.90 Å². The lowest BCUT2D eigenvalue weighted by atomic mass is 10.1. The molecule has 0 radical (unpaired) electrons. The third-order valence-corrected chi connectivity index (χ3v) is 6.57. The molecule has 0 heterocycles. The monoisotopic (exact) mass is 343 g/mol. The molecule has 4 nitrogen and oxygen atoms in total. The fourth-order valence-electron chi connectivity index (χ4n) is 2.66. The summed E-state index contributed by atoms with van der Waals surface area (Å²) >= 11 is 6.17. The molecule has 122 valence electrons. The lowest BCUT2D eigenvalue weighted by Gasteiger charge is -2.25. The molecule has 0 aromatic heterocycles. The maximum Gasteiger partial charge on any atom is 0.226 e. The molecule has 1 aromatic carbocycles. The fourth-order valence-corrected chi connectivity index (χ4v) is 4.13. The molecule has 3 atom stereocenters. The van der Waals surface area contributed by atoms with Crippen LogP contribution in [0.2, 0.25) is 5.02 Å². The summed E-state index contributed by atoms with van der Waals surface area (Å²) in [5.74, 6) is 0.180. The molecule has 1 aromatic rings. The maximum absolute atomic E-state index is 12.5. The first kappa shape index (κ1) is 17.3. The van der Waals surface area contributed by atoms with Gasteiger partial charge in [0.05, 0.1) is 5.75 Å². The third-order valence-electron chi connectivity index (χ3n) is 4.36. The number of hydrogen-bond acceptors (Lipinski definition) is 3. The van der Waals surface area contributed by atoms with Gasteiger partial charge in [0.25, 0.3) is 0 Å². The van der Waals surface area contributed by atoms with Gasteiger partial charge in [-0.2, -0.15) is 0 Å². The van der Waals surface area contributed by atoms with E-state index in [-0.39, 0.29) is 35.3 Å². The number of sulfone groups is 1. The van der Waals surface area contributed by atoms with Crippen LogP contribution in [0.15, 0.2) is 24.3 Å². The second-order valence-electron chi connectivity index (χ2n) is 5.97. The van der Waals surface area contributed by atoms with E-state index in [0.29, 0.717) is 5.02 Å². The molecule has 1 fully saturated rings. The standard InChI is InChI=1S/C16H22ClNO3S/c1-4-22(20,21)10-11(2)18(3)16(19)14-9-13(14)12-7-5-6-8-15(12)17/h5-8,11,13-14H,4,9-10H2,1-3H3/t11-,13+,14+/m0/s1. The fraction of sp³-hybridized carbons (Fsp3) is 0.562. The summed E-state index contributed by atoms with van der Waals surface area (Å²) < 4.78 is 23.4. The first-order chi connectivity index (χ1) is 10.3. The van der Waals surface area contributed by atoms with Crippen molar-refractivity contribution in [2.75, 3.05) is 18.6 Å². The smallest absolute Gasteiger partial charge is 0.226 e.